The van der Waals surface area contributed by atoms with Gasteiger partial charge in [0.15, 0.2) is 12.4 Å². The molecule has 3 heterocycles. The van der Waals surface area contributed by atoms with Gasteiger partial charge >= 0.3 is 5.97 Å². The van der Waals surface area contributed by atoms with Gasteiger partial charge in [0.25, 0.3) is 5.89 Å². The van der Waals surface area contributed by atoms with Gasteiger partial charge in [-0.15, -0.1) is 0 Å². The number of hydrogen-bond donors (Lipinski definition) is 0. The number of rotatable bonds is 7. The second-order valence-corrected chi connectivity index (χ2v) is 8.15. The molecule has 9 nitrogen and oxygen atoms in total. The lowest BCUT2D eigenvalue weighted by atomic mass is 10.3. The lowest BCUT2D eigenvalue weighted by Crippen LogP contribution is -2.27. The summed E-state index contributed by atoms with van der Waals surface area (Å²) >= 11 is 0. The van der Waals surface area contributed by atoms with Gasteiger partial charge < -0.3 is 13.8 Å². The molecule has 142 valence electrons. The molecule has 2 aromatic rings. The van der Waals surface area contributed by atoms with Gasteiger partial charge in [-0.25, -0.2) is 13.2 Å². The summed E-state index contributed by atoms with van der Waals surface area (Å²) in [6.07, 6.45) is 4.70. The molecule has 0 aromatic carbocycles. The lowest BCUT2D eigenvalue weighted by Gasteiger charge is -2.13. The van der Waals surface area contributed by atoms with Crippen LogP contribution >= 0.6 is 0 Å². The molecule has 26 heavy (non-hydrogen) atoms. The molecule has 2 aromatic heterocycles. The molecule has 0 atom stereocenters. The fraction of sp³-hybridized carbons (Fsp3) is 0.562. The minimum atomic E-state index is -3.58. The van der Waals surface area contributed by atoms with Crippen LogP contribution in [0.25, 0.3) is 0 Å². The molecule has 0 N–H and O–H groups in total. The van der Waals surface area contributed by atoms with Gasteiger partial charge in [-0.3, -0.25) is 0 Å². The van der Waals surface area contributed by atoms with Crippen molar-refractivity contribution in [1.29, 1.82) is 0 Å². The number of sulfonamides is 1. The maximum atomic E-state index is 12.6. The van der Waals surface area contributed by atoms with Crippen molar-refractivity contribution in [1.82, 2.24) is 19.0 Å². The van der Waals surface area contributed by atoms with Crippen LogP contribution in [0.4, 0.5) is 0 Å². The van der Waals surface area contributed by atoms with Crippen molar-refractivity contribution in [2.24, 2.45) is 7.05 Å². The van der Waals surface area contributed by atoms with E-state index in [4.69, 9.17) is 9.26 Å². The summed E-state index contributed by atoms with van der Waals surface area (Å²) in [6, 6.07) is 1.34. The second kappa shape index (κ2) is 7.58. The third-order valence-electron chi connectivity index (χ3n) is 4.20. The van der Waals surface area contributed by atoms with Crippen molar-refractivity contribution in [3.05, 3.63) is 29.7 Å². The largest absolute Gasteiger partial charge is 0.451 e. The van der Waals surface area contributed by atoms with Crippen LogP contribution < -0.4 is 0 Å². The smallest absolute Gasteiger partial charge is 0.355 e. The molecular weight excluding hydrogens is 360 g/mol. The maximum Gasteiger partial charge on any atom is 0.355 e. The van der Waals surface area contributed by atoms with E-state index in [-0.39, 0.29) is 23.1 Å². The second-order valence-electron chi connectivity index (χ2n) is 6.21. The quantitative estimate of drug-likeness (QED) is 0.668. The molecule has 1 fully saturated rings. The predicted molar refractivity (Wildman–Crippen MR) is 90.8 cm³/mol. The molecule has 0 aliphatic carbocycles. The third-order valence-corrected chi connectivity index (χ3v) is 6.07. The minimum absolute atomic E-state index is 0.0943. The molecule has 0 radical (unpaired) electrons. The van der Waals surface area contributed by atoms with Gasteiger partial charge in [0.1, 0.15) is 10.6 Å². The summed E-state index contributed by atoms with van der Waals surface area (Å²) in [5.74, 6) is 0.128. The van der Waals surface area contributed by atoms with E-state index in [0.717, 1.165) is 19.3 Å². The first kappa shape index (κ1) is 18.6. The molecule has 3 rings (SSSR count). The van der Waals surface area contributed by atoms with E-state index < -0.39 is 16.0 Å². The van der Waals surface area contributed by atoms with Crippen LogP contribution in [0.2, 0.25) is 0 Å². The predicted octanol–water partition coefficient (Wildman–Crippen LogP) is 1.50. The third kappa shape index (κ3) is 3.80. The van der Waals surface area contributed by atoms with Gasteiger partial charge in [-0.05, 0) is 25.3 Å². The van der Waals surface area contributed by atoms with Gasteiger partial charge in [-0.2, -0.15) is 9.29 Å². The Hall–Kier alpha value is -2.20. The average Bonchev–Trinajstić information content (AvgIpc) is 3.34. The van der Waals surface area contributed by atoms with Crippen LogP contribution in [0, 0.1) is 0 Å². The Labute approximate surface area is 152 Å². The van der Waals surface area contributed by atoms with E-state index in [2.05, 4.69) is 10.1 Å². The van der Waals surface area contributed by atoms with Crippen molar-refractivity contribution in [3.63, 3.8) is 0 Å². The Morgan fingerprint density at radius 3 is 2.77 bits per heavy atom. The summed E-state index contributed by atoms with van der Waals surface area (Å²) in [6.45, 7) is 2.86. The van der Waals surface area contributed by atoms with Crippen molar-refractivity contribution in [3.8, 4) is 0 Å². The Morgan fingerprint density at radius 1 is 1.35 bits per heavy atom. The number of carbonyl (C=O) groups excluding carboxylic acids is 1. The summed E-state index contributed by atoms with van der Waals surface area (Å²) in [5.41, 5.74) is 0.149. The fourth-order valence-electron chi connectivity index (χ4n) is 2.83. The zero-order valence-corrected chi connectivity index (χ0v) is 15.7. The maximum absolute atomic E-state index is 12.6. The monoisotopic (exact) mass is 382 g/mol. The van der Waals surface area contributed by atoms with Crippen LogP contribution in [-0.4, -0.2) is 46.5 Å². The topological polar surface area (TPSA) is 108 Å². The molecule has 0 amide bonds. The molecule has 10 heteroatoms. The van der Waals surface area contributed by atoms with Gasteiger partial charge in [0, 0.05) is 32.8 Å². The van der Waals surface area contributed by atoms with Crippen LogP contribution in [0.5, 0.6) is 0 Å². The Bertz CT molecular complexity index is 880. The summed E-state index contributed by atoms with van der Waals surface area (Å²) in [7, 11) is -1.98. The Kier molecular flexibility index (Phi) is 5.42. The lowest BCUT2D eigenvalue weighted by molar-refractivity contribution is 0.0418. The molecule has 0 spiro atoms. The van der Waals surface area contributed by atoms with Crippen LogP contribution in [-0.2, 0) is 34.8 Å². The number of nitrogens with zero attached hydrogens (tertiary/aromatic N) is 4. The first-order valence-corrected chi connectivity index (χ1v) is 10.0. The summed E-state index contributed by atoms with van der Waals surface area (Å²) in [4.78, 5) is 16.5. The summed E-state index contributed by atoms with van der Waals surface area (Å²) < 4.78 is 38.3. The van der Waals surface area contributed by atoms with Crippen LogP contribution in [0.3, 0.4) is 0 Å². The van der Waals surface area contributed by atoms with E-state index in [1.807, 2.05) is 6.92 Å². The standard InChI is InChI=1S/C16H22N4O5S/c1-3-6-14-17-15(25-18-14)11-24-16(21)13-9-12(10-19(13)2)26(22,23)20-7-4-5-8-20/h9-10H,3-8,11H2,1-2H3. The molecule has 0 unspecified atom stereocenters. The van der Waals surface area contributed by atoms with Crippen LogP contribution in [0.1, 0.15) is 48.4 Å². The number of aromatic nitrogens is 3. The number of carbonyl (C=O) groups is 1. The summed E-state index contributed by atoms with van der Waals surface area (Å²) in [5, 5.41) is 3.79. The Morgan fingerprint density at radius 2 is 2.08 bits per heavy atom. The molecule has 1 aliphatic heterocycles. The molecule has 0 bridgehead atoms. The van der Waals surface area contributed by atoms with E-state index >= 15 is 0 Å². The normalized spacial score (nSPS) is 15.5. The number of ether oxygens (including phenoxy) is 1. The van der Waals surface area contributed by atoms with Crippen molar-refractivity contribution in [2.45, 2.75) is 44.1 Å². The number of esters is 1. The zero-order chi connectivity index (χ0) is 18.7. The van der Waals surface area contributed by atoms with E-state index in [0.29, 0.717) is 25.3 Å². The highest BCUT2D eigenvalue weighted by Gasteiger charge is 2.29. The average molecular weight is 382 g/mol. The highest BCUT2D eigenvalue weighted by molar-refractivity contribution is 7.89. The van der Waals surface area contributed by atoms with E-state index in [9.17, 15) is 13.2 Å². The number of hydrogen-bond acceptors (Lipinski definition) is 7. The zero-order valence-electron chi connectivity index (χ0n) is 14.8. The van der Waals surface area contributed by atoms with Crippen molar-refractivity contribution in [2.75, 3.05) is 13.1 Å². The highest BCUT2D eigenvalue weighted by atomic mass is 32.2. The van der Waals surface area contributed by atoms with Crippen molar-refractivity contribution < 1.29 is 22.5 Å². The molecule has 1 aliphatic rings. The molecular formula is C16H22N4O5S. The van der Waals surface area contributed by atoms with Gasteiger partial charge in [0.2, 0.25) is 10.0 Å². The molecule has 0 saturated carbocycles. The minimum Gasteiger partial charge on any atom is -0.451 e. The highest BCUT2D eigenvalue weighted by Crippen LogP contribution is 2.23. The van der Waals surface area contributed by atoms with Gasteiger partial charge in [-0.1, -0.05) is 12.1 Å². The Balaban J connectivity index is 1.68. The SMILES string of the molecule is CCCc1noc(COC(=O)c2cc(S(=O)(=O)N3CCCC3)cn2C)n1. The first-order chi connectivity index (χ1) is 12.4. The first-order valence-electron chi connectivity index (χ1n) is 8.57. The van der Waals surface area contributed by atoms with Crippen molar-refractivity contribution >= 4 is 16.0 Å². The molecule has 1 saturated heterocycles. The fourth-order valence-corrected chi connectivity index (χ4v) is 4.42. The van der Waals surface area contributed by atoms with Gasteiger partial charge in [0.05, 0.1) is 0 Å². The number of aryl methyl sites for hydroxylation is 2. The van der Waals surface area contributed by atoms with Crippen LogP contribution in [0.15, 0.2) is 21.7 Å². The van der Waals surface area contributed by atoms with E-state index in [1.54, 1.807) is 7.05 Å². The van der Waals surface area contributed by atoms with E-state index in [1.165, 1.54) is 21.1 Å².